The summed E-state index contributed by atoms with van der Waals surface area (Å²) >= 11 is 0. The van der Waals surface area contributed by atoms with Crippen molar-refractivity contribution in [1.29, 1.82) is 0 Å². The van der Waals surface area contributed by atoms with Gasteiger partial charge < -0.3 is 28.7 Å². The van der Waals surface area contributed by atoms with Gasteiger partial charge in [0.05, 0.1) is 22.3 Å². The highest BCUT2D eigenvalue weighted by Gasteiger charge is 2.62. The molecule has 5 aromatic rings. The number of rotatable bonds is 0. The van der Waals surface area contributed by atoms with Gasteiger partial charge in [0.25, 0.3) is 0 Å². The van der Waals surface area contributed by atoms with E-state index in [0.29, 0.717) is 75.8 Å². The first kappa shape index (κ1) is 36.3. The average molecular weight is 857 g/mol. The molecule has 16 heteroatoms. The number of nitrogens with zero attached hydrogens (tertiary/aromatic N) is 2. The molecule has 8 heterocycles. The second-order valence-electron chi connectivity index (χ2n) is 17.1. The summed E-state index contributed by atoms with van der Waals surface area (Å²) in [5, 5.41) is 0. The fourth-order valence-corrected chi connectivity index (χ4v) is 11.8. The summed E-state index contributed by atoms with van der Waals surface area (Å²) < 4.78 is 152. The van der Waals surface area contributed by atoms with Gasteiger partial charge in [-0.25, -0.2) is 44.7 Å². The highest BCUT2D eigenvalue weighted by Crippen LogP contribution is 2.66. The zero-order valence-electron chi connectivity index (χ0n) is 32.2. The molecule has 0 saturated heterocycles. The predicted octanol–water partition coefficient (Wildman–Crippen LogP) is 9.33. The molecule has 0 radical (unpaired) electrons. The topological polar surface area (TPSA) is 77.5 Å². The van der Waals surface area contributed by atoms with E-state index in [0.717, 1.165) is 35.3 Å². The molecule has 5 aromatic carbocycles. The second kappa shape index (κ2) is 11.8. The maximum Gasteiger partial charge on any atom is 0.343 e. The number of ether oxygens (including phenoxy) is 4. The molecule has 0 aromatic heterocycles. The summed E-state index contributed by atoms with van der Waals surface area (Å²) in [4.78, 5) is 32.1. The molecule has 2 atom stereocenters. The van der Waals surface area contributed by atoms with Crippen molar-refractivity contribution in [2.45, 2.75) is 62.6 Å². The molecule has 0 saturated carbocycles. The number of anilines is 2. The van der Waals surface area contributed by atoms with Gasteiger partial charge in [-0.3, -0.25) is 0 Å². The smallest absolute Gasteiger partial charge is 0.343 e. The molecule has 314 valence electrons. The maximum atomic E-state index is 16.7. The third kappa shape index (κ3) is 4.05. The van der Waals surface area contributed by atoms with Crippen LogP contribution in [0.2, 0.25) is 0 Å². The molecule has 13 rings (SSSR count). The van der Waals surface area contributed by atoms with E-state index in [-0.39, 0.29) is 45.3 Å². The molecule has 8 aliphatic rings. The Morgan fingerprint density at radius 3 is 1.23 bits per heavy atom. The predicted molar refractivity (Wildman–Crippen MR) is 200 cm³/mol. The second-order valence-corrected chi connectivity index (χ2v) is 17.1. The molecule has 0 bridgehead atoms. The Hall–Kier alpha value is -6.32. The number of carbonyl (C=O) groups is 2. The molecular weight excluding hydrogens is 828 g/mol. The molecule has 0 amide bonds. The van der Waals surface area contributed by atoms with Gasteiger partial charge >= 0.3 is 11.9 Å². The average Bonchev–Trinajstić information content (AvgIpc) is 3.76. The number of benzene rings is 5. The number of aryl methyl sites for hydroxylation is 2. The number of hydrogen-bond acceptors (Lipinski definition) is 8. The van der Waals surface area contributed by atoms with Crippen LogP contribution in [0.5, 0.6) is 23.0 Å². The van der Waals surface area contributed by atoms with Crippen molar-refractivity contribution in [3.63, 3.8) is 0 Å². The number of halogens is 8. The fraction of sp³-hybridized carbons (Fsp3) is 0.304. The van der Waals surface area contributed by atoms with E-state index in [1.165, 1.54) is 12.1 Å². The van der Waals surface area contributed by atoms with E-state index >= 15 is 26.3 Å². The van der Waals surface area contributed by atoms with Gasteiger partial charge in [0.15, 0.2) is 57.7 Å². The molecule has 0 N–H and O–H groups in total. The molecule has 8 aliphatic heterocycles. The lowest BCUT2D eigenvalue weighted by molar-refractivity contribution is 0.0184. The van der Waals surface area contributed by atoms with E-state index in [2.05, 4.69) is 9.80 Å². The quantitative estimate of drug-likeness (QED) is 0.0661. The van der Waals surface area contributed by atoms with Crippen molar-refractivity contribution in [3.05, 3.63) is 138 Å². The van der Waals surface area contributed by atoms with Crippen LogP contribution < -0.4 is 19.3 Å². The Morgan fingerprint density at radius 2 is 0.823 bits per heavy atom. The van der Waals surface area contributed by atoms with Crippen LogP contribution in [0.15, 0.2) is 24.3 Å². The lowest BCUT2D eigenvalue weighted by atomic mass is 9.71. The summed E-state index contributed by atoms with van der Waals surface area (Å²) in [6, 6.07) is 5.65. The Kier molecular flexibility index (Phi) is 6.90. The monoisotopic (exact) mass is 856 g/mol. The third-order valence-corrected chi connectivity index (χ3v) is 14.1. The van der Waals surface area contributed by atoms with Gasteiger partial charge in [-0.15, -0.1) is 0 Å². The van der Waals surface area contributed by atoms with Gasteiger partial charge in [-0.2, -0.15) is 0 Å². The van der Waals surface area contributed by atoms with Gasteiger partial charge in [-0.1, -0.05) is 0 Å². The van der Waals surface area contributed by atoms with Gasteiger partial charge in [0, 0.05) is 59.8 Å². The van der Waals surface area contributed by atoms with Crippen LogP contribution in [-0.4, -0.2) is 38.1 Å². The van der Waals surface area contributed by atoms with Crippen molar-refractivity contribution in [1.82, 2.24) is 0 Å². The third-order valence-electron chi connectivity index (χ3n) is 14.1. The number of carbonyl (C=O) groups excluding carboxylic acids is 2. The summed E-state index contributed by atoms with van der Waals surface area (Å²) in [6.45, 7) is 2.79. The highest BCUT2D eigenvalue weighted by molar-refractivity contribution is 5.99. The van der Waals surface area contributed by atoms with Gasteiger partial charge in [0.1, 0.15) is 34.1 Å². The van der Waals surface area contributed by atoms with E-state index < -0.39 is 91.9 Å². The zero-order chi connectivity index (χ0) is 42.5. The number of hydrogen-bond donors (Lipinski definition) is 0. The van der Waals surface area contributed by atoms with Crippen molar-refractivity contribution < 1.29 is 63.7 Å². The van der Waals surface area contributed by atoms with Crippen LogP contribution in [0.1, 0.15) is 102 Å². The van der Waals surface area contributed by atoms with Crippen LogP contribution in [0.3, 0.4) is 0 Å². The van der Waals surface area contributed by atoms with Crippen LogP contribution in [0.4, 0.5) is 46.5 Å². The minimum absolute atomic E-state index is 0.00659. The lowest BCUT2D eigenvalue weighted by Crippen LogP contribution is -2.40. The molecule has 0 fully saturated rings. The zero-order valence-corrected chi connectivity index (χ0v) is 32.2. The van der Waals surface area contributed by atoms with Crippen molar-refractivity contribution in [2.75, 3.05) is 36.0 Å². The van der Waals surface area contributed by atoms with Crippen molar-refractivity contribution >= 4 is 23.3 Å². The van der Waals surface area contributed by atoms with Gasteiger partial charge in [0.2, 0.25) is 0 Å². The first-order valence-electron chi connectivity index (χ1n) is 20.5. The van der Waals surface area contributed by atoms with Gasteiger partial charge in [-0.05, 0) is 86.8 Å². The van der Waals surface area contributed by atoms with E-state index in [1.54, 1.807) is 12.1 Å². The maximum absolute atomic E-state index is 16.7. The highest BCUT2D eigenvalue weighted by atomic mass is 19.2. The van der Waals surface area contributed by atoms with E-state index in [1.807, 2.05) is 0 Å². The minimum atomic E-state index is -2.57. The molecule has 2 spiro atoms. The number of esters is 2. The standard InChI is InChI=1S/C46H28F8N2O6/c47-31-27-29(33(49)37(53)35(31)51)45(61-43(27)57)21-15-26-22(16-25(21)59-41-19-7-3-11-55-9-1-5-17(39(19)55)13-23(41)45)46(30-28(44(58)62-46)32(48)36(52)38(54)34(30)50)24-14-18-6-2-10-56-12-4-8-20(40(18)56)42(24)60-26/h13-16H,1-12H2. The summed E-state index contributed by atoms with van der Waals surface area (Å²) in [7, 11) is 0. The Balaban J connectivity index is 1.17. The summed E-state index contributed by atoms with van der Waals surface area (Å²) in [5.41, 5.74) is -5.59. The van der Waals surface area contributed by atoms with Crippen LogP contribution in [0.25, 0.3) is 0 Å². The van der Waals surface area contributed by atoms with Crippen LogP contribution >= 0.6 is 0 Å². The Morgan fingerprint density at radius 1 is 0.452 bits per heavy atom. The molecule has 0 aliphatic carbocycles. The summed E-state index contributed by atoms with van der Waals surface area (Å²) in [6.07, 6.45) is 4.58. The Labute approximate surface area is 345 Å². The van der Waals surface area contributed by atoms with E-state index in [4.69, 9.17) is 18.9 Å². The van der Waals surface area contributed by atoms with Crippen LogP contribution in [-0.2, 0) is 46.4 Å². The molecule has 62 heavy (non-hydrogen) atoms. The van der Waals surface area contributed by atoms with Crippen molar-refractivity contribution in [3.8, 4) is 23.0 Å². The lowest BCUT2D eigenvalue weighted by Gasteiger charge is -2.45. The van der Waals surface area contributed by atoms with E-state index in [9.17, 15) is 18.4 Å². The minimum Gasteiger partial charge on any atom is -0.456 e. The van der Waals surface area contributed by atoms with Crippen molar-refractivity contribution in [2.24, 2.45) is 0 Å². The molecule has 8 nitrogen and oxygen atoms in total. The van der Waals surface area contributed by atoms with Crippen LogP contribution in [0, 0.1) is 46.5 Å². The first-order chi connectivity index (χ1) is 29.9. The normalized spacial score (nSPS) is 22.7. The summed E-state index contributed by atoms with van der Waals surface area (Å²) in [5.74, 6) is -20.1. The fourth-order valence-electron chi connectivity index (χ4n) is 11.8. The number of fused-ring (bicyclic) bond motifs is 14. The molecule has 2 unspecified atom stereocenters. The largest absolute Gasteiger partial charge is 0.456 e. The SMILES string of the molecule is O=C1OC2(c3cc4c(cc3Oc3c2cc2c5c3CCCN5CCC2)C2(OC(=O)c3c(F)c(F)c(F)c(F)c32)c2cc3c5c(c2O4)CCCN5CCC3)c2c(F)c(F)c(F)c(F)c21. The molecular formula is C46H28F8N2O6. The Bertz CT molecular complexity index is 2860. The first-order valence-corrected chi connectivity index (χ1v) is 20.5.